The number of para-hydroxylation sites is 2. The predicted octanol–water partition coefficient (Wildman–Crippen LogP) is 3.66. The lowest BCUT2D eigenvalue weighted by molar-refractivity contribution is 0.00673. The Morgan fingerprint density at radius 3 is 1.21 bits per heavy atom. The van der Waals surface area contributed by atoms with Crippen molar-refractivity contribution >= 4 is 46.6 Å². The maximum Gasteiger partial charge on any atom is 0.528 e. The minimum Gasteiger partial charge on any atom is -0.456 e. The Kier molecular flexibility index (Phi) is 8.13. The van der Waals surface area contributed by atoms with Crippen molar-refractivity contribution in [3.63, 3.8) is 0 Å². The Balaban J connectivity index is 0.000000249. The number of benzene rings is 2. The maximum absolute atomic E-state index is 12.0. The smallest absolute Gasteiger partial charge is 0.456 e. The van der Waals surface area contributed by atoms with Gasteiger partial charge in [-0.1, -0.05) is 24.3 Å². The van der Waals surface area contributed by atoms with Gasteiger partial charge in [0.05, 0.1) is 10.8 Å². The summed E-state index contributed by atoms with van der Waals surface area (Å²) in [5.74, 6) is 0. The minimum absolute atomic E-state index is 0.0347. The third-order valence-electron chi connectivity index (χ3n) is 2.82. The van der Waals surface area contributed by atoms with Crippen molar-refractivity contribution in [3.05, 3.63) is 58.8 Å². The number of hydrogen-bond acceptors (Lipinski definition) is 8. The number of ether oxygens (including phenoxy) is 2. The normalized spacial score (nSPS) is 11.0. The fourth-order valence-corrected chi connectivity index (χ4v) is 1.89. The zero-order chi connectivity index (χ0) is 22.0. The van der Waals surface area contributed by atoms with Gasteiger partial charge in [-0.05, 0) is 24.3 Å². The molecule has 0 radical (unpaired) electrons. The summed E-state index contributed by atoms with van der Waals surface area (Å²) in [6, 6.07) is 14.6. The number of carboxylic acid groups (broad SMARTS) is 4. The van der Waals surface area contributed by atoms with E-state index in [0.717, 1.165) is 0 Å². The lowest BCUT2D eigenvalue weighted by atomic mass is 10.1. The highest BCUT2D eigenvalue weighted by Crippen LogP contribution is 2.17. The Morgan fingerprint density at radius 2 is 0.931 bits per heavy atom. The third kappa shape index (κ3) is 7.65. The fraction of sp³-hybridized carbons (Fsp3) is 0. The molecule has 1 fully saturated rings. The molecule has 0 unspecified atom stereocenters. The van der Waals surface area contributed by atoms with E-state index >= 15 is 0 Å². The van der Waals surface area contributed by atoms with Crippen molar-refractivity contribution < 1.29 is 53.5 Å². The number of carbonyl (C=O) groups excluding carboxylic acids is 2. The highest BCUT2D eigenvalue weighted by Gasteiger charge is 2.27. The molecular formula is C17H12O12. The van der Waals surface area contributed by atoms with Gasteiger partial charge in [0, 0.05) is 0 Å². The van der Waals surface area contributed by atoms with Crippen molar-refractivity contribution in [3.8, 4) is 0 Å². The molecule has 29 heavy (non-hydrogen) atoms. The van der Waals surface area contributed by atoms with Gasteiger partial charge in [0.2, 0.25) is 5.43 Å². The van der Waals surface area contributed by atoms with Crippen molar-refractivity contribution in [2.24, 2.45) is 0 Å². The molecule has 4 rings (SSSR count). The molecule has 1 saturated heterocycles. The van der Waals surface area contributed by atoms with Crippen LogP contribution < -0.4 is 5.43 Å². The summed E-state index contributed by atoms with van der Waals surface area (Å²) >= 11 is 0. The quantitative estimate of drug-likeness (QED) is 0.239. The van der Waals surface area contributed by atoms with Gasteiger partial charge in [-0.25, -0.2) is 19.2 Å². The average molecular weight is 408 g/mol. The van der Waals surface area contributed by atoms with Crippen LogP contribution in [-0.4, -0.2) is 45.0 Å². The Morgan fingerprint density at radius 1 is 0.621 bits per heavy atom. The molecule has 0 aliphatic carbocycles. The van der Waals surface area contributed by atoms with Crippen LogP contribution in [0.2, 0.25) is 0 Å². The van der Waals surface area contributed by atoms with Gasteiger partial charge in [0.1, 0.15) is 11.2 Å². The van der Waals surface area contributed by atoms with Crippen LogP contribution in [0.4, 0.5) is 19.2 Å². The highest BCUT2D eigenvalue weighted by atomic mass is 16.9. The lowest BCUT2D eigenvalue weighted by Gasteiger charge is -2.05. The predicted molar refractivity (Wildman–Crippen MR) is 94.3 cm³/mol. The lowest BCUT2D eigenvalue weighted by Crippen LogP contribution is -2.27. The molecule has 12 nitrogen and oxygen atoms in total. The summed E-state index contributed by atoms with van der Waals surface area (Å²) in [5.41, 5.74) is 1.31. The van der Waals surface area contributed by atoms with Crippen LogP contribution in [-0.2, 0) is 9.47 Å². The van der Waals surface area contributed by atoms with Gasteiger partial charge in [-0.15, -0.1) is 0 Å². The molecule has 1 aromatic heterocycles. The molecule has 0 bridgehead atoms. The van der Waals surface area contributed by atoms with Gasteiger partial charge >= 0.3 is 24.6 Å². The molecule has 0 spiro atoms. The maximum atomic E-state index is 12.0. The Bertz CT molecular complexity index is 999. The van der Waals surface area contributed by atoms with Crippen molar-refractivity contribution in [1.82, 2.24) is 0 Å². The molecule has 3 aromatic rings. The molecule has 2 heterocycles. The first kappa shape index (κ1) is 22.4. The molecule has 0 amide bonds. The van der Waals surface area contributed by atoms with E-state index in [1.54, 1.807) is 12.1 Å². The Hall–Kier alpha value is -4.61. The molecule has 4 N–H and O–H groups in total. The first-order chi connectivity index (χ1) is 13.6. The molecule has 152 valence electrons. The zero-order valence-corrected chi connectivity index (χ0v) is 14.2. The molecule has 0 saturated carbocycles. The second-order valence-corrected chi connectivity index (χ2v) is 4.69. The molecular weight excluding hydrogens is 396 g/mol. The molecule has 0 atom stereocenters. The highest BCUT2D eigenvalue weighted by molar-refractivity contribution is 5.93. The van der Waals surface area contributed by atoms with Gasteiger partial charge in [-0.2, -0.15) is 0 Å². The first-order valence-corrected chi connectivity index (χ1v) is 7.29. The van der Waals surface area contributed by atoms with Crippen LogP contribution >= 0.6 is 0 Å². The van der Waals surface area contributed by atoms with E-state index in [1.165, 1.54) is 0 Å². The largest absolute Gasteiger partial charge is 0.528 e. The Labute approximate surface area is 159 Å². The summed E-state index contributed by atoms with van der Waals surface area (Å²) < 4.78 is 12.9. The van der Waals surface area contributed by atoms with Crippen molar-refractivity contribution in [2.75, 3.05) is 0 Å². The molecule has 2 aromatic carbocycles. The second kappa shape index (κ2) is 10.5. The number of rotatable bonds is 0. The van der Waals surface area contributed by atoms with E-state index in [2.05, 4.69) is 9.47 Å². The van der Waals surface area contributed by atoms with Gasteiger partial charge in [0.25, 0.3) is 0 Å². The second-order valence-electron chi connectivity index (χ2n) is 4.69. The average Bonchev–Trinajstić information content (AvgIpc) is 2.61. The van der Waals surface area contributed by atoms with Crippen molar-refractivity contribution in [2.45, 2.75) is 0 Å². The van der Waals surface area contributed by atoms with Gasteiger partial charge < -0.3 is 34.3 Å². The van der Waals surface area contributed by atoms with Crippen LogP contribution in [0.3, 0.4) is 0 Å². The van der Waals surface area contributed by atoms with E-state index in [9.17, 15) is 14.4 Å². The summed E-state index contributed by atoms with van der Waals surface area (Å²) in [7, 11) is 0. The summed E-state index contributed by atoms with van der Waals surface area (Å²) in [5, 5.41) is 29.2. The van der Waals surface area contributed by atoms with Gasteiger partial charge in [-0.3, -0.25) is 4.79 Å². The summed E-state index contributed by atoms with van der Waals surface area (Å²) in [6.45, 7) is 0. The minimum atomic E-state index is -1.83. The summed E-state index contributed by atoms with van der Waals surface area (Å²) in [4.78, 5) is 48.0. The number of carbonyl (C=O) groups is 4. The van der Waals surface area contributed by atoms with Crippen LogP contribution in [0.15, 0.2) is 57.7 Å². The van der Waals surface area contributed by atoms with E-state index in [-0.39, 0.29) is 5.43 Å². The molecule has 12 heteroatoms. The first-order valence-electron chi connectivity index (χ1n) is 7.29. The third-order valence-corrected chi connectivity index (χ3v) is 2.82. The van der Waals surface area contributed by atoms with E-state index in [4.69, 9.17) is 34.4 Å². The van der Waals surface area contributed by atoms with Crippen LogP contribution in [0.1, 0.15) is 0 Å². The van der Waals surface area contributed by atoms with Crippen LogP contribution in [0.25, 0.3) is 21.9 Å². The standard InChI is InChI=1S/C13H8O2.C2O4.2CH2O3/c14-13-9-5-1-3-7-11(9)15-12-8-4-2-6-10(12)13;3-1-5-2(4)6-1;2*2-1(3)4/h1-8H;;2*(H2,2,3,4). The van der Waals surface area contributed by atoms with Crippen LogP contribution in [0, 0.1) is 0 Å². The van der Waals surface area contributed by atoms with E-state index in [0.29, 0.717) is 21.9 Å². The van der Waals surface area contributed by atoms with Gasteiger partial charge in [0.15, 0.2) is 0 Å². The molecule has 1 aliphatic rings. The van der Waals surface area contributed by atoms with E-state index in [1.807, 2.05) is 36.4 Å². The van der Waals surface area contributed by atoms with E-state index < -0.39 is 24.6 Å². The number of hydrogen-bond donors (Lipinski definition) is 4. The van der Waals surface area contributed by atoms with Crippen molar-refractivity contribution in [1.29, 1.82) is 0 Å². The van der Waals surface area contributed by atoms with Crippen LogP contribution in [0.5, 0.6) is 0 Å². The monoisotopic (exact) mass is 408 g/mol. The summed E-state index contributed by atoms with van der Waals surface area (Å²) in [6.07, 6.45) is -5.50. The zero-order valence-electron chi connectivity index (χ0n) is 14.2. The number of cyclic esters (lactones) is 4. The SMILES string of the molecule is O=C(O)O.O=C(O)O.O=C1OC(=O)O1.O=c1c2ccccc2oc2ccccc12. The topological polar surface area (TPSA) is 198 Å². The number of fused-ring (bicyclic) bond motifs is 2. The fourth-order valence-electron chi connectivity index (χ4n) is 1.89. The molecule has 1 aliphatic heterocycles.